The zero-order valence-electron chi connectivity index (χ0n) is 6.05. The normalized spacial score (nSPS) is 10.1. The molecule has 0 aliphatic heterocycles. The second kappa shape index (κ2) is 7.50. The van der Waals surface area contributed by atoms with Crippen LogP contribution in [0, 0.1) is 10.1 Å². The summed E-state index contributed by atoms with van der Waals surface area (Å²) >= 11 is 0. The van der Waals surface area contributed by atoms with Crippen molar-refractivity contribution in [3.63, 3.8) is 0 Å². The van der Waals surface area contributed by atoms with Crippen molar-refractivity contribution in [2.24, 2.45) is 0 Å². The lowest BCUT2D eigenvalue weighted by molar-refractivity contribution is -0.742. The molecule has 0 aromatic carbocycles. The Morgan fingerprint density at radius 1 is 1.21 bits per heavy atom. The molecule has 0 bridgehead atoms. The smallest absolute Gasteiger partial charge is 0.365 e. The molecule has 0 atom stereocenters. The van der Waals surface area contributed by atoms with Gasteiger partial charge in [-0.3, -0.25) is 9.11 Å². The van der Waals surface area contributed by atoms with E-state index >= 15 is 0 Å². The van der Waals surface area contributed by atoms with Gasteiger partial charge in [-0.15, -0.1) is 10.1 Å². The van der Waals surface area contributed by atoms with Gasteiger partial charge in [-0.25, -0.2) is 4.11 Å². The highest BCUT2D eigenvalue weighted by atomic mass is 32.3. The Labute approximate surface area is 76.9 Å². The Bertz CT molecular complexity index is 219. The van der Waals surface area contributed by atoms with Gasteiger partial charge < -0.3 is 19.6 Å². The molecule has 0 saturated carbocycles. The molecule has 0 aliphatic carbocycles. The highest BCUT2D eigenvalue weighted by molar-refractivity contribution is 7.79. The quantitative estimate of drug-likeness (QED) is 0.0878. The molecule has 0 rings (SSSR count). The standard InChI is InChI=1S/FH3O3Si.HNO3.H2O4S/c1-5(2,3)4;2-1(3)4;1-5(2,3)4/h2-4H;(H,2,3,4);(H2,1,2,3,4). The van der Waals surface area contributed by atoms with Gasteiger partial charge in [0.1, 0.15) is 0 Å². The molecule has 11 nitrogen and oxygen atoms in total. The van der Waals surface area contributed by atoms with Crippen LogP contribution in [0.2, 0.25) is 0 Å². The van der Waals surface area contributed by atoms with E-state index in [1.807, 2.05) is 0 Å². The molecule has 0 radical (unpaired) electrons. The first kappa shape index (κ1) is 18.8. The van der Waals surface area contributed by atoms with Crippen molar-refractivity contribution in [3.05, 3.63) is 10.1 Å². The van der Waals surface area contributed by atoms with E-state index in [4.69, 9.17) is 47.2 Å². The second-order valence-corrected chi connectivity index (χ2v) is 3.24. The minimum atomic E-state index is -5.11. The summed E-state index contributed by atoms with van der Waals surface area (Å²) < 4.78 is 42.1. The third-order valence-corrected chi connectivity index (χ3v) is 0. The first-order valence-corrected chi connectivity index (χ1v) is 5.24. The Morgan fingerprint density at radius 3 is 1.21 bits per heavy atom. The van der Waals surface area contributed by atoms with Crippen LogP contribution >= 0.6 is 0 Å². The van der Waals surface area contributed by atoms with Gasteiger partial charge in [0.2, 0.25) is 0 Å². The molecule has 14 heavy (non-hydrogen) atoms. The van der Waals surface area contributed by atoms with Crippen LogP contribution in [0.3, 0.4) is 0 Å². The molecule has 0 aliphatic rings. The second-order valence-electron chi connectivity index (χ2n) is 1.24. The number of hydrogen-bond donors (Lipinski definition) is 6. The fourth-order valence-electron chi connectivity index (χ4n) is 0. The van der Waals surface area contributed by atoms with Crippen molar-refractivity contribution in [1.82, 2.24) is 0 Å². The molecule has 0 amide bonds. The first-order chi connectivity index (χ1) is 5.73. The van der Waals surface area contributed by atoms with Gasteiger partial charge in [-0.1, -0.05) is 0 Å². The van der Waals surface area contributed by atoms with Crippen LogP contribution < -0.4 is 0 Å². The number of rotatable bonds is 0. The molecule has 0 aromatic heterocycles. The third kappa shape index (κ3) is 1390. The van der Waals surface area contributed by atoms with Crippen LogP contribution in [-0.2, 0) is 10.4 Å². The summed E-state index contributed by atoms with van der Waals surface area (Å²) in [5.74, 6) is 0. The van der Waals surface area contributed by atoms with E-state index in [0.717, 1.165) is 0 Å². The third-order valence-electron chi connectivity index (χ3n) is 0. The Balaban J connectivity index is -0.000000131. The van der Waals surface area contributed by atoms with Gasteiger partial charge in [0, 0.05) is 0 Å². The lowest BCUT2D eigenvalue weighted by Crippen LogP contribution is -2.27. The van der Waals surface area contributed by atoms with Gasteiger partial charge in [0.05, 0.1) is 0 Å². The maximum atomic E-state index is 10.5. The topological polar surface area (TPSA) is 199 Å². The van der Waals surface area contributed by atoms with Gasteiger partial charge >= 0.3 is 19.5 Å². The van der Waals surface area contributed by atoms with Gasteiger partial charge in [-0.2, -0.15) is 8.42 Å². The van der Waals surface area contributed by atoms with Crippen molar-refractivity contribution in [1.29, 1.82) is 0 Å². The SMILES string of the molecule is O=S(=O)(O)O.O=[N+]([O-])O.O[Si](O)(O)F. The summed E-state index contributed by atoms with van der Waals surface area (Å²) in [4.78, 5) is 29.7. The summed E-state index contributed by atoms with van der Waals surface area (Å²) in [5.41, 5.74) is 0. The van der Waals surface area contributed by atoms with Crippen LogP contribution in [0.5, 0.6) is 0 Å². The zero-order valence-corrected chi connectivity index (χ0v) is 7.87. The molecular weight excluding hydrogens is 253 g/mol. The maximum absolute atomic E-state index is 10.5. The summed E-state index contributed by atoms with van der Waals surface area (Å²) in [6, 6.07) is 0. The summed E-state index contributed by atoms with van der Waals surface area (Å²) in [5, 5.41) is 13.6. The fourth-order valence-corrected chi connectivity index (χ4v) is 0. The predicted molar refractivity (Wildman–Crippen MR) is 36.5 cm³/mol. The number of hydrogen-bond acceptors (Lipinski definition) is 7. The Kier molecular flexibility index (Phi) is 10.1. The average Bonchev–Trinajstić information content (AvgIpc) is 1.45. The van der Waals surface area contributed by atoms with E-state index in [2.05, 4.69) is 0 Å². The summed E-state index contributed by atoms with van der Waals surface area (Å²) in [6.07, 6.45) is 0. The van der Waals surface area contributed by atoms with Crippen molar-refractivity contribution < 1.29 is 46.3 Å². The Hall–Kier alpha value is -0.903. The highest BCUT2D eigenvalue weighted by Crippen LogP contribution is 1.79. The van der Waals surface area contributed by atoms with Crippen LogP contribution in [0.25, 0.3) is 0 Å². The van der Waals surface area contributed by atoms with E-state index in [0.29, 0.717) is 0 Å². The van der Waals surface area contributed by atoms with Crippen molar-refractivity contribution in [2.75, 3.05) is 0 Å². The van der Waals surface area contributed by atoms with Crippen molar-refractivity contribution in [3.8, 4) is 0 Å². The lowest BCUT2D eigenvalue weighted by Gasteiger charge is -1.87. The molecule has 6 N–H and O–H groups in total. The lowest BCUT2D eigenvalue weighted by atomic mass is 13.1. The largest absolute Gasteiger partial charge is 0.711 e. The van der Waals surface area contributed by atoms with E-state index in [9.17, 15) is 4.11 Å². The van der Waals surface area contributed by atoms with Gasteiger partial charge in [0.15, 0.2) is 0 Å². The van der Waals surface area contributed by atoms with E-state index in [-0.39, 0.29) is 0 Å². The van der Waals surface area contributed by atoms with Crippen LogP contribution in [-0.4, -0.2) is 51.3 Å². The van der Waals surface area contributed by atoms with Gasteiger partial charge in [-0.05, 0) is 0 Å². The minimum absolute atomic E-state index is 1.50. The number of nitrogens with zero attached hydrogens (tertiary/aromatic N) is 1. The molecule has 0 saturated heterocycles. The van der Waals surface area contributed by atoms with E-state index < -0.39 is 24.6 Å². The first-order valence-electron chi connectivity index (χ1n) is 2.12. The van der Waals surface area contributed by atoms with E-state index in [1.54, 1.807) is 0 Å². The monoisotopic (exact) mass is 259 g/mol. The zero-order chi connectivity index (χ0) is 12.6. The van der Waals surface area contributed by atoms with E-state index in [1.165, 1.54) is 0 Å². The average molecular weight is 259 g/mol. The molecule has 14 heteroatoms. The van der Waals surface area contributed by atoms with Gasteiger partial charge in [0.25, 0.3) is 5.09 Å². The summed E-state index contributed by atoms with van der Waals surface area (Å²) in [6.45, 7) is 0. The van der Waals surface area contributed by atoms with Crippen molar-refractivity contribution >= 4 is 19.5 Å². The van der Waals surface area contributed by atoms with Crippen LogP contribution in [0.15, 0.2) is 0 Å². The molecular formula is H6FNO10SSi. The molecule has 0 heterocycles. The minimum Gasteiger partial charge on any atom is -0.365 e. The van der Waals surface area contributed by atoms with Crippen LogP contribution in [0.4, 0.5) is 4.11 Å². The molecule has 88 valence electrons. The molecule has 0 unspecified atom stereocenters. The maximum Gasteiger partial charge on any atom is 0.711 e. The number of halogens is 1. The molecule has 0 spiro atoms. The van der Waals surface area contributed by atoms with Crippen LogP contribution in [0.1, 0.15) is 0 Å². The summed E-state index contributed by atoms with van der Waals surface area (Å²) in [7, 11) is -9.78. The molecule has 0 fully saturated rings. The fraction of sp³-hybridized carbons (Fsp3) is 0. The Morgan fingerprint density at radius 2 is 1.21 bits per heavy atom. The van der Waals surface area contributed by atoms with Crippen molar-refractivity contribution in [2.45, 2.75) is 0 Å². The predicted octanol–water partition coefficient (Wildman–Crippen LogP) is -2.63. The molecule has 0 aromatic rings. The highest BCUT2D eigenvalue weighted by Gasteiger charge is 2.26.